The van der Waals surface area contributed by atoms with E-state index in [4.69, 9.17) is 21.5 Å². The number of aryl methyl sites for hydroxylation is 2. The van der Waals surface area contributed by atoms with Crippen LogP contribution in [0.4, 0.5) is 0 Å². The minimum atomic E-state index is -3.74. The zero-order chi connectivity index (χ0) is 20.7. The minimum absolute atomic E-state index is 0.00356. The summed E-state index contributed by atoms with van der Waals surface area (Å²) in [5.41, 5.74) is 6.13. The molecule has 0 aliphatic carbocycles. The summed E-state index contributed by atoms with van der Waals surface area (Å²) in [5, 5.41) is 5.62. The van der Waals surface area contributed by atoms with Crippen LogP contribution in [0.1, 0.15) is 17.5 Å². The Hall–Kier alpha value is -2.62. The molecular formula is C18H20ClN3O5S. The standard InChI is InChI=1S/C18H20ClN3O5S/c1-12-10-14(5-8-16(12)19)27-11-18(24)22-21-17(23)9-4-13-2-6-15(7-3-13)28(20,25)26/h2-3,5-8,10H,4,9,11H2,1H3,(H,21,23)(H,22,24)(H2,20,25,26). The molecule has 2 aromatic rings. The fraction of sp³-hybridized carbons (Fsp3) is 0.222. The summed E-state index contributed by atoms with van der Waals surface area (Å²) in [7, 11) is -3.74. The normalized spacial score (nSPS) is 11.0. The van der Waals surface area contributed by atoms with E-state index in [-0.39, 0.29) is 17.9 Å². The smallest absolute Gasteiger partial charge is 0.276 e. The van der Waals surface area contributed by atoms with Crippen LogP contribution in [0.5, 0.6) is 5.75 Å². The number of rotatable bonds is 7. The van der Waals surface area contributed by atoms with E-state index < -0.39 is 21.8 Å². The third kappa shape index (κ3) is 6.84. The van der Waals surface area contributed by atoms with Crippen LogP contribution in [-0.4, -0.2) is 26.8 Å². The number of hydrogen-bond acceptors (Lipinski definition) is 5. The first-order chi connectivity index (χ1) is 13.1. The SMILES string of the molecule is Cc1cc(OCC(=O)NNC(=O)CCc2ccc(S(N)(=O)=O)cc2)ccc1Cl. The summed E-state index contributed by atoms with van der Waals surface area (Å²) in [6, 6.07) is 10.9. The molecule has 0 bridgehead atoms. The number of amides is 2. The van der Waals surface area contributed by atoms with E-state index in [9.17, 15) is 18.0 Å². The van der Waals surface area contributed by atoms with Gasteiger partial charge in [-0.25, -0.2) is 13.6 Å². The highest BCUT2D eigenvalue weighted by Gasteiger charge is 2.09. The van der Waals surface area contributed by atoms with Crippen LogP contribution in [0.25, 0.3) is 0 Å². The van der Waals surface area contributed by atoms with Crippen molar-refractivity contribution in [2.45, 2.75) is 24.7 Å². The summed E-state index contributed by atoms with van der Waals surface area (Å²) >= 11 is 5.91. The zero-order valence-electron chi connectivity index (χ0n) is 15.1. The first-order valence-electron chi connectivity index (χ1n) is 8.23. The number of carbonyl (C=O) groups excluding carboxylic acids is 2. The molecule has 150 valence electrons. The van der Waals surface area contributed by atoms with Crippen molar-refractivity contribution in [1.82, 2.24) is 10.9 Å². The molecule has 0 unspecified atom stereocenters. The second kappa shape index (κ2) is 9.54. The highest BCUT2D eigenvalue weighted by molar-refractivity contribution is 7.89. The molecule has 0 saturated carbocycles. The molecule has 0 atom stereocenters. The van der Waals surface area contributed by atoms with Gasteiger partial charge in [0.25, 0.3) is 5.91 Å². The maximum absolute atomic E-state index is 11.8. The molecule has 28 heavy (non-hydrogen) atoms. The van der Waals surface area contributed by atoms with Crippen molar-refractivity contribution in [1.29, 1.82) is 0 Å². The molecule has 0 aromatic heterocycles. The number of nitrogens with two attached hydrogens (primary N) is 1. The molecule has 0 spiro atoms. The zero-order valence-corrected chi connectivity index (χ0v) is 16.6. The maximum Gasteiger partial charge on any atom is 0.276 e. The third-order valence-electron chi connectivity index (χ3n) is 3.73. The fourth-order valence-electron chi connectivity index (χ4n) is 2.20. The number of hydrazine groups is 1. The molecule has 0 heterocycles. The van der Waals surface area contributed by atoms with Gasteiger partial charge in [0.15, 0.2) is 6.61 Å². The van der Waals surface area contributed by atoms with E-state index in [1.165, 1.54) is 12.1 Å². The molecule has 0 aliphatic heterocycles. The highest BCUT2D eigenvalue weighted by atomic mass is 35.5. The van der Waals surface area contributed by atoms with Crippen molar-refractivity contribution in [3.63, 3.8) is 0 Å². The number of ether oxygens (including phenoxy) is 1. The summed E-state index contributed by atoms with van der Waals surface area (Å²) in [6.45, 7) is 1.55. The molecule has 0 saturated heterocycles. The predicted molar refractivity (Wildman–Crippen MR) is 104 cm³/mol. The number of primary sulfonamides is 1. The first kappa shape index (κ1) is 21.7. The third-order valence-corrected chi connectivity index (χ3v) is 5.09. The lowest BCUT2D eigenvalue weighted by Gasteiger charge is -2.10. The molecule has 0 radical (unpaired) electrons. The van der Waals surface area contributed by atoms with Crippen molar-refractivity contribution < 1.29 is 22.7 Å². The Morgan fingerprint density at radius 2 is 1.71 bits per heavy atom. The summed E-state index contributed by atoms with van der Waals surface area (Å²) in [4.78, 5) is 23.5. The average molecular weight is 426 g/mol. The number of nitrogens with one attached hydrogen (secondary N) is 2. The van der Waals surface area contributed by atoms with Crippen molar-refractivity contribution in [3.8, 4) is 5.75 Å². The molecule has 4 N–H and O–H groups in total. The maximum atomic E-state index is 11.8. The van der Waals surface area contributed by atoms with Crippen LogP contribution < -0.4 is 20.7 Å². The van der Waals surface area contributed by atoms with E-state index in [1.54, 1.807) is 30.3 Å². The molecule has 8 nitrogen and oxygen atoms in total. The van der Waals surface area contributed by atoms with Gasteiger partial charge in [-0.15, -0.1) is 0 Å². The monoisotopic (exact) mass is 425 g/mol. The molecule has 2 rings (SSSR count). The van der Waals surface area contributed by atoms with Gasteiger partial charge in [-0.2, -0.15) is 0 Å². The highest BCUT2D eigenvalue weighted by Crippen LogP contribution is 2.20. The van der Waals surface area contributed by atoms with Crippen molar-refractivity contribution in [3.05, 3.63) is 58.6 Å². The molecule has 2 amide bonds. The molecule has 10 heteroatoms. The second-order valence-corrected chi connectivity index (χ2v) is 7.95. The Kier molecular flexibility index (Phi) is 7.38. The van der Waals surface area contributed by atoms with Crippen LogP contribution in [0.2, 0.25) is 5.02 Å². The molecule has 0 fully saturated rings. The van der Waals surface area contributed by atoms with E-state index in [0.717, 1.165) is 11.1 Å². The van der Waals surface area contributed by atoms with Gasteiger partial charge in [0.2, 0.25) is 15.9 Å². The number of carbonyl (C=O) groups is 2. The van der Waals surface area contributed by atoms with Gasteiger partial charge in [0, 0.05) is 11.4 Å². The van der Waals surface area contributed by atoms with E-state index >= 15 is 0 Å². The molecule has 0 aliphatic rings. The van der Waals surface area contributed by atoms with Crippen LogP contribution in [0, 0.1) is 6.92 Å². The van der Waals surface area contributed by atoms with Gasteiger partial charge in [-0.1, -0.05) is 23.7 Å². The summed E-state index contributed by atoms with van der Waals surface area (Å²) in [5.74, 6) is -0.420. The predicted octanol–water partition coefficient (Wildman–Crippen LogP) is 1.45. The Labute approximate surface area is 168 Å². The van der Waals surface area contributed by atoms with Crippen LogP contribution in [0.15, 0.2) is 47.4 Å². The molecular weight excluding hydrogens is 406 g/mol. The van der Waals surface area contributed by atoms with E-state index in [0.29, 0.717) is 17.2 Å². The minimum Gasteiger partial charge on any atom is -0.484 e. The lowest BCUT2D eigenvalue weighted by molar-refractivity contribution is -0.130. The van der Waals surface area contributed by atoms with E-state index in [1.807, 2.05) is 6.92 Å². The summed E-state index contributed by atoms with van der Waals surface area (Å²) < 4.78 is 27.7. The summed E-state index contributed by atoms with van der Waals surface area (Å²) in [6.07, 6.45) is 0.472. The largest absolute Gasteiger partial charge is 0.484 e. The average Bonchev–Trinajstić information content (AvgIpc) is 2.65. The Morgan fingerprint density at radius 1 is 1.07 bits per heavy atom. The van der Waals surface area contributed by atoms with Crippen LogP contribution >= 0.6 is 11.6 Å². The number of hydrogen-bond donors (Lipinski definition) is 3. The number of benzene rings is 2. The van der Waals surface area contributed by atoms with E-state index in [2.05, 4.69) is 10.9 Å². The van der Waals surface area contributed by atoms with Gasteiger partial charge in [-0.3, -0.25) is 20.4 Å². The van der Waals surface area contributed by atoms with Crippen molar-refractivity contribution in [2.75, 3.05) is 6.61 Å². The number of sulfonamides is 1. The fourth-order valence-corrected chi connectivity index (χ4v) is 2.83. The number of halogens is 1. The van der Waals surface area contributed by atoms with Crippen LogP contribution in [0.3, 0.4) is 0 Å². The quantitative estimate of drug-likeness (QED) is 0.578. The second-order valence-electron chi connectivity index (χ2n) is 5.98. The topological polar surface area (TPSA) is 128 Å². The van der Waals surface area contributed by atoms with Crippen molar-refractivity contribution in [2.24, 2.45) is 5.14 Å². The Balaban J connectivity index is 1.71. The van der Waals surface area contributed by atoms with Crippen molar-refractivity contribution >= 4 is 33.4 Å². The van der Waals surface area contributed by atoms with Crippen LogP contribution in [-0.2, 0) is 26.0 Å². The molecule has 2 aromatic carbocycles. The van der Waals surface area contributed by atoms with Gasteiger partial charge >= 0.3 is 0 Å². The Bertz CT molecular complexity index is 962. The van der Waals surface area contributed by atoms with Gasteiger partial charge in [0.05, 0.1) is 4.90 Å². The van der Waals surface area contributed by atoms with Gasteiger partial charge in [-0.05, 0) is 54.8 Å². The first-order valence-corrected chi connectivity index (χ1v) is 10.2. The lowest BCUT2D eigenvalue weighted by atomic mass is 10.1. The lowest BCUT2D eigenvalue weighted by Crippen LogP contribution is -2.43. The van der Waals surface area contributed by atoms with Gasteiger partial charge < -0.3 is 4.74 Å². The van der Waals surface area contributed by atoms with Gasteiger partial charge in [0.1, 0.15) is 5.75 Å². The Morgan fingerprint density at radius 3 is 2.32 bits per heavy atom.